The molecule has 0 aliphatic carbocycles. The zero-order chi connectivity index (χ0) is 16.0. The lowest BCUT2D eigenvalue weighted by Gasteiger charge is -2.35. The number of nitrogens with zero attached hydrogens (tertiary/aromatic N) is 3. The molecule has 1 fully saturated rings. The summed E-state index contributed by atoms with van der Waals surface area (Å²) in [7, 11) is 3.82. The molecule has 0 spiro atoms. The molecule has 1 saturated heterocycles. The molecule has 0 saturated carbocycles. The van der Waals surface area contributed by atoms with Crippen molar-refractivity contribution in [3.8, 4) is 6.07 Å². The standard InChI is InChI=1S/C15H26N4O2/c1-15(2,11-20)17-10-12(9-16)14(21)19(4)13-5-7-18(3)8-6-13/h10,13,17,20H,5-8,11H2,1-4H3/b12-10-. The molecule has 1 amide bonds. The average molecular weight is 294 g/mol. The third-order valence-corrected chi connectivity index (χ3v) is 3.91. The van der Waals surface area contributed by atoms with E-state index < -0.39 is 5.54 Å². The van der Waals surface area contributed by atoms with Gasteiger partial charge in [-0.2, -0.15) is 5.26 Å². The molecule has 1 rings (SSSR count). The van der Waals surface area contributed by atoms with Crippen LogP contribution < -0.4 is 5.32 Å². The van der Waals surface area contributed by atoms with Gasteiger partial charge in [-0.1, -0.05) is 0 Å². The molecule has 1 heterocycles. The molecule has 6 nitrogen and oxygen atoms in total. The van der Waals surface area contributed by atoms with Crippen LogP contribution in [0.3, 0.4) is 0 Å². The van der Waals surface area contributed by atoms with Gasteiger partial charge in [-0.25, -0.2) is 0 Å². The van der Waals surface area contributed by atoms with Crippen molar-refractivity contribution >= 4 is 5.91 Å². The Balaban J connectivity index is 2.70. The van der Waals surface area contributed by atoms with Gasteiger partial charge in [0.15, 0.2) is 0 Å². The molecule has 0 atom stereocenters. The van der Waals surface area contributed by atoms with Gasteiger partial charge in [-0.15, -0.1) is 0 Å². The van der Waals surface area contributed by atoms with Crippen LogP contribution in [0.15, 0.2) is 11.8 Å². The first-order valence-corrected chi connectivity index (χ1v) is 7.25. The molecular formula is C15H26N4O2. The third kappa shape index (κ3) is 5.03. The highest BCUT2D eigenvalue weighted by atomic mass is 16.3. The Kier molecular flexibility index (Phi) is 6.19. The highest BCUT2D eigenvalue weighted by Gasteiger charge is 2.26. The minimum Gasteiger partial charge on any atom is -0.394 e. The molecule has 6 heteroatoms. The van der Waals surface area contributed by atoms with E-state index in [1.807, 2.05) is 6.07 Å². The number of aliphatic hydroxyl groups excluding tert-OH is 1. The summed E-state index contributed by atoms with van der Waals surface area (Å²) < 4.78 is 0. The number of hydrogen-bond acceptors (Lipinski definition) is 5. The number of piperidine rings is 1. The van der Waals surface area contributed by atoms with E-state index in [4.69, 9.17) is 0 Å². The van der Waals surface area contributed by atoms with Gasteiger partial charge in [0.2, 0.25) is 0 Å². The molecule has 0 aromatic rings. The first kappa shape index (κ1) is 17.5. The van der Waals surface area contributed by atoms with Crippen molar-refractivity contribution in [2.45, 2.75) is 38.3 Å². The number of carbonyl (C=O) groups is 1. The summed E-state index contributed by atoms with van der Waals surface area (Å²) in [5.74, 6) is -0.270. The Bertz CT molecular complexity index is 431. The Morgan fingerprint density at radius 1 is 1.52 bits per heavy atom. The van der Waals surface area contributed by atoms with Gasteiger partial charge in [-0.05, 0) is 46.8 Å². The second kappa shape index (κ2) is 7.43. The van der Waals surface area contributed by atoms with E-state index in [0.717, 1.165) is 25.9 Å². The maximum Gasteiger partial charge on any atom is 0.265 e. The molecule has 118 valence electrons. The maximum absolute atomic E-state index is 12.4. The predicted molar refractivity (Wildman–Crippen MR) is 81.3 cm³/mol. The van der Waals surface area contributed by atoms with Crippen LogP contribution in [-0.2, 0) is 4.79 Å². The van der Waals surface area contributed by atoms with Crippen LogP contribution in [-0.4, -0.2) is 66.2 Å². The van der Waals surface area contributed by atoms with Crippen molar-refractivity contribution in [2.75, 3.05) is 33.8 Å². The molecule has 0 aromatic heterocycles. The summed E-state index contributed by atoms with van der Waals surface area (Å²) in [5, 5.41) is 21.3. The van der Waals surface area contributed by atoms with Gasteiger partial charge in [-0.3, -0.25) is 4.79 Å². The van der Waals surface area contributed by atoms with Crippen LogP contribution in [0.2, 0.25) is 0 Å². The fourth-order valence-corrected chi connectivity index (χ4v) is 2.19. The van der Waals surface area contributed by atoms with Gasteiger partial charge in [0, 0.05) is 19.3 Å². The normalized spacial score (nSPS) is 18.2. The van der Waals surface area contributed by atoms with Gasteiger partial charge < -0.3 is 20.2 Å². The summed E-state index contributed by atoms with van der Waals surface area (Å²) in [4.78, 5) is 16.3. The molecule has 1 aliphatic heterocycles. The molecule has 0 bridgehead atoms. The molecule has 2 N–H and O–H groups in total. The smallest absolute Gasteiger partial charge is 0.265 e. The number of rotatable bonds is 5. The largest absolute Gasteiger partial charge is 0.394 e. The number of likely N-dealkylation sites (tertiary alicyclic amines) is 1. The fraction of sp³-hybridized carbons (Fsp3) is 0.733. The van der Waals surface area contributed by atoms with E-state index in [2.05, 4.69) is 17.3 Å². The maximum atomic E-state index is 12.4. The minimum absolute atomic E-state index is 0.0675. The Hall–Kier alpha value is -1.58. The van der Waals surface area contributed by atoms with Crippen molar-refractivity contribution in [3.05, 3.63) is 11.8 Å². The molecular weight excluding hydrogens is 268 g/mol. The minimum atomic E-state index is -0.561. The van der Waals surface area contributed by atoms with Crippen molar-refractivity contribution in [1.82, 2.24) is 15.1 Å². The molecule has 0 unspecified atom stereocenters. The van der Waals surface area contributed by atoms with Crippen LogP contribution in [0.1, 0.15) is 26.7 Å². The summed E-state index contributed by atoms with van der Waals surface area (Å²) >= 11 is 0. The monoisotopic (exact) mass is 294 g/mol. The Morgan fingerprint density at radius 3 is 2.57 bits per heavy atom. The van der Waals surface area contributed by atoms with Crippen LogP contribution in [0.25, 0.3) is 0 Å². The summed E-state index contributed by atoms with van der Waals surface area (Å²) in [6.07, 6.45) is 3.25. The van der Waals surface area contributed by atoms with Crippen molar-refractivity contribution < 1.29 is 9.90 Å². The third-order valence-electron chi connectivity index (χ3n) is 3.91. The fourth-order valence-electron chi connectivity index (χ4n) is 2.19. The number of carbonyl (C=O) groups excluding carboxylic acids is 1. The predicted octanol–water partition coefficient (Wildman–Crippen LogP) is 0.307. The Morgan fingerprint density at radius 2 is 2.10 bits per heavy atom. The topological polar surface area (TPSA) is 79.6 Å². The van der Waals surface area contributed by atoms with Crippen LogP contribution in [0, 0.1) is 11.3 Å². The van der Waals surface area contributed by atoms with E-state index >= 15 is 0 Å². The van der Waals surface area contributed by atoms with Crippen LogP contribution in [0.4, 0.5) is 0 Å². The van der Waals surface area contributed by atoms with Crippen LogP contribution >= 0.6 is 0 Å². The first-order chi connectivity index (χ1) is 9.80. The van der Waals surface area contributed by atoms with E-state index in [9.17, 15) is 15.2 Å². The number of hydrogen-bond donors (Lipinski definition) is 2. The first-order valence-electron chi connectivity index (χ1n) is 7.25. The van der Waals surface area contributed by atoms with E-state index in [1.165, 1.54) is 6.20 Å². The van der Waals surface area contributed by atoms with Crippen molar-refractivity contribution in [2.24, 2.45) is 0 Å². The number of nitrogens with one attached hydrogen (secondary N) is 1. The van der Waals surface area contributed by atoms with E-state index in [-0.39, 0.29) is 24.1 Å². The Labute approximate surface area is 127 Å². The summed E-state index contributed by atoms with van der Waals surface area (Å²) in [5.41, 5.74) is -0.493. The van der Waals surface area contributed by atoms with Gasteiger partial charge in [0.25, 0.3) is 5.91 Å². The number of likely N-dealkylation sites (N-methyl/N-ethyl adjacent to an activating group) is 1. The molecule has 21 heavy (non-hydrogen) atoms. The highest BCUT2D eigenvalue weighted by Crippen LogP contribution is 2.16. The molecule has 1 aliphatic rings. The lowest BCUT2D eigenvalue weighted by Crippen LogP contribution is -2.45. The average Bonchev–Trinajstić information content (AvgIpc) is 2.47. The van der Waals surface area contributed by atoms with Gasteiger partial charge in [0.05, 0.1) is 12.1 Å². The quantitative estimate of drug-likeness (QED) is 0.563. The zero-order valence-electron chi connectivity index (χ0n) is 13.4. The second-order valence-corrected chi connectivity index (χ2v) is 6.31. The lowest BCUT2D eigenvalue weighted by molar-refractivity contribution is -0.128. The van der Waals surface area contributed by atoms with Crippen molar-refractivity contribution in [1.29, 1.82) is 5.26 Å². The zero-order valence-corrected chi connectivity index (χ0v) is 13.4. The number of aliphatic hydroxyl groups is 1. The SMILES string of the molecule is CN1CCC(N(C)C(=O)/C(C#N)=C\NC(C)(C)CO)CC1. The molecule has 0 radical (unpaired) electrons. The van der Waals surface area contributed by atoms with Gasteiger partial charge >= 0.3 is 0 Å². The summed E-state index contributed by atoms with van der Waals surface area (Å²) in [6.45, 7) is 5.43. The van der Waals surface area contributed by atoms with E-state index in [1.54, 1.807) is 25.8 Å². The van der Waals surface area contributed by atoms with Crippen molar-refractivity contribution in [3.63, 3.8) is 0 Å². The second-order valence-electron chi connectivity index (χ2n) is 6.31. The molecule has 0 aromatic carbocycles. The number of amides is 1. The van der Waals surface area contributed by atoms with Gasteiger partial charge in [0.1, 0.15) is 11.6 Å². The summed E-state index contributed by atoms with van der Waals surface area (Å²) in [6, 6.07) is 2.12. The lowest BCUT2D eigenvalue weighted by atomic mass is 10.0. The van der Waals surface area contributed by atoms with Crippen LogP contribution in [0.5, 0.6) is 0 Å². The highest BCUT2D eigenvalue weighted by molar-refractivity contribution is 5.97. The number of nitriles is 1. The van der Waals surface area contributed by atoms with E-state index in [0.29, 0.717) is 0 Å².